The first-order valence-corrected chi connectivity index (χ1v) is 30.0. The molecule has 0 aromatic carbocycles. The van der Waals surface area contributed by atoms with Crippen molar-refractivity contribution in [3.63, 3.8) is 0 Å². The van der Waals surface area contributed by atoms with E-state index in [2.05, 4.69) is 106 Å². The Morgan fingerprint density at radius 2 is 0.722 bits per heavy atom. The number of carbonyl (C=O) groups excluding carboxylic acids is 3. The lowest BCUT2D eigenvalue weighted by atomic mass is 10.1. The topological polar surface area (TPSA) is 155 Å². The molecule has 0 rings (SSSR count). The molecule has 414 valence electrons. The van der Waals surface area contributed by atoms with E-state index in [1.54, 1.807) is 0 Å². The Hall–Kier alpha value is -3.34. The van der Waals surface area contributed by atoms with Gasteiger partial charge in [-0.05, 0) is 103 Å². The van der Waals surface area contributed by atoms with Crippen molar-refractivity contribution in [2.24, 2.45) is 0 Å². The first kappa shape index (κ1) is 68.7. The lowest BCUT2D eigenvalue weighted by molar-refractivity contribution is -0.161. The quantitative estimate of drug-likeness (QED) is 0.0197. The van der Waals surface area contributed by atoms with Crippen molar-refractivity contribution in [1.82, 2.24) is 0 Å². The van der Waals surface area contributed by atoms with Gasteiger partial charge < -0.3 is 24.2 Å². The summed E-state index contributed by atoms with van der Waals surface area (Å²) in [6.45, 7) is 4.35. The number of rotatable bonds is 52. The third-order valence-electron chi connectivity index (χ3n) is 11.8. The molecule has 0 aromatic heterocycles. The zero-order chi connectivity index (χ0) is 52.7. The fourth-order valence-corrected chi connectivity index (χ4v) is 8.27. The molecule has 3 unspecified atom stereocenters. The lowest BCUT2D eigenvalue weighted by Crippen LogP contribution is -2.30. The molecule has 0 bridgehead atoms. The molecule has 0 aromatic rings. The molecule has 0 saturated heterocycles. The molecule has 72 heavy (non-hydrogen) atoms. The van der Waals surface area contributed by atoms with E-state index in [1.165, 1.54) is 32.1 Å². The number of aliphatic hydroxyl groups is 1. The minimum atomic E-state index is -4.75. The van der Waals surface area contributed by atoms with Crippen molar-refractivity contribution in [3.8, 4) is 0 Å². The maximum absolute atomic E-state index is 12.9. The van der Waals surface area contributed by atoms with Crippen LogP contribution in [-0.2, 0) is 42.2 Å². The third-order valence-corrected chi connectivity index (χ3v) is 12.7. The van der Waals surface area contributed by atoms with Crippen LogP contribution in [0.2, 0.25) is 0 Å². The van der Waals surface area contributed by atoms with Gasteiger partial charge in [0.05, 0.1) is 19.8 Å². The zero-order valence-corrected chi connectivity index (χ0v) is 46.5. The van der Waals surface area contributed by atoms with E-state index in [4.69, 9.17) is 23.3 Å². The fourth-order valence-electron chi connectivity index (χ4n) is 7.48. The summed E-state index contributed by atoms with van der Waals surface area (Å²) in [6.07, 6.45) is 61.1. The maximum atomic E-state index is 12.9. The van der Waals surface area contributed by atoms with Gasteiger partial charge in [-0.15, -0.1) is 0 Å². The lowest BCUT2D eigenvalue weighted by Gasteiger charge is -2.21. The smallest absolute Gasteiger partial charge is 0.462 e. The van der Waals surface area contributed by atoms with Crippen LogP contribution >= 0.6 is 7.82 Å². The van der Waals surface area contributed by atoms with Gasteiger partial charge in [-0.1, -0.05) is 202 Å². The Kier molecular flexibility index (Phi) is 51.4. The highest BCUT2D eigenvalue weighted by Crippen LogP contribution is 2.43. The number of hydrogen-bond acceptors (Lipinski definition) is 10. The predicted molar refractivity (Wildman–Crippen MR) is 298 cm³/mol. The number of hydrogen-bond donors (Lipinski definition) is 2. The minimum Gasteiger partial charge on any atom is -0.462 e. The largest absolute Gasteiger partial charge is 0.472 e. The van der Waals surface area contributed by atoms with Gasteiger partial charge in [-0.3, -0.25) is 23.4 Å². The monoisotopic (exact) mass is 1030 g/mol. The summed E-state index contributed by atoms with van der Waals surface area (Å²) < 4.78 is 39.5. The van der Waals surface area contributed by atoms with Crippen molar-refractivity contribution in [3.05, 3.63) is 85.1 Å². The van der Waals surface area contributed by atoms with Crippen LogP contribution in [0.25, 0.3) is 0 Å². The van der Waals surface area contributed by atoms with Crippen LogP contribution < -0.4 is 0 Å². The molecule has 0 amide bonds. The predicted octanol–water partition coefficient (Wildman–Crippen LogP) is 16.7. The molecule has 3 atom stereocenters. The van der Waals surface area contributed by atoms with Crippen LogP contribution in [0.3, 0.4) is 0 Å². The summed E-state index contributed by atoms with van der Waals surface area (Å²) in [5.41, 5.74) is 0. The molecule has 0 aliphatic carbocycles. The molecule has 0 heterocycles. The average molecular weight is 1030 g/mol. The molecule has 12 heteroatoms. The number of phosphoric acid groups is 1. The summed E-state index contributed by atoms with van der Waals surface area (Å²) in [4.78, 5) is 48.5. The van der Waals surface area contributed by atoms with Crippen LogP contribution in [0.4, 0.5) is 0 Å². The Morgan fingerprint density at radius 1 is 0.403 bits per heavy atom. The first-order valence-electron chi connectivity index (χ1n) is 28.5. The van der Waals surface area contributed by atoms with E-state index in [0.717, 1.165) is 148 Å². The highest BCUT2D eigenvalue weighted by atomic mass is 31.2. The zero-order valence-electron chi connectivity index (χ0n) is 45.6. The first-order chi connectivity index (χ1) is 35.2. The van der Waals surface area contributed by atoms with Crippen molar-refractivity contribution >= 4 is 25.7 Å². The third kappa shape index (κ3) is 51.6. The second-order valence-corrected chi connectivity index (χ2v) is 20.1. The molecular weight excluding hydrogens is 928 g/mol. The number of ether oxygens (including phenoxy) is 3. The fraction of sp³-hybridized carbons (Fsp3) is 0.717. The number of esters is 3. The van der Waals surface area contributed by atoms with Crippen molar-refractivity contribution in [2.75, 3.05) is 26.4 Å². The summed E-state index contributed by atoms with van der Waals surface area (Å²) in [5.74, 6) is -1.50. The number of phosphoric ester groups is 1. The number of allylic oxidation sites excluding steroid dienone is 14. The van der Waals surface area contributed by atoms with Gasteiger partial charge in [-0.25, -0.2) is 4.57 Å². The highest BCUT2D eigenvalue weighted by Gasteiger charge is 2.28. The van der Waals surface area contributed by atoms with E-state index in [1.807, 2.05) is 0 Å². The molecular formula is C60H103O11P. The second kappa shape index (κ2) is 53.9. The van der Waals surface area contributed by atoms with E-state index in [0.29, 0.717) is 19.3 Å². The number of aliphatic hydroxyl groups excluding tert-OH is 1. The number of carbonyl (C=O) groups is 3. The van der Waals surface area contributed by atoms with E-state index >= 15 is 0 Å². The Labute approximate surface area is 439 Å². The van der Waals surface area contributed by atoms with Crippen molar-refractivity contribution < 1.29 is 52.2 Å². The van der Waals surface area contributed by atoms with Gasteiger partial charge in [0.2, 0.25) is 0 Å². The normalized spacial score (nSPS) is 14.0. The molecule has 0 radical (unpaired) electrons. The summed E-state index contributed by atoms with van der Waals surface area (Å²) in [7, 11) is -4.75. The second-order valence-electron chi connectivity index (χ2n) is 18.7. The minimum absolute atomic E-state index is 0.151. The molecule has 0 aliphatic rings. The Balaban J connectivity index is 4.77. The molecule has 0 aliphatic heterocycles. The standard InChI is InChI=1S/C60H103O11P/c1-4-7-10-13-16-19-22-24-26-28-30-32-35-37-40-43-46-49-58(62)67-53-57(71-60(64)51-48-45-42-39-36-33-31-29-27-25-23-20-17-14-11-8-5-2)55-69-72(65,66)68-54-56(52-61)70-59(63)50-47-44-41-38-34-21-18-15-12-9-6-3/h7-8,10-11,15-20,24-27,56-57,61H,4-6,9,12-14,21-23,28-55H2,1-3H3,(H,65,66)/b10-7-,11-8-,18-15-,19-16-,20-17-,26-24-,27-25-. The van der Waals surface area contributed by atoms with Crippen molar-refractivity contribution in [1.29, 1.82) is 0 Å². The summed E-state index contributed by atoms with van der Waals surface area (Å²) >= 11 is 0. The van der Waals surface area contributed by atoms with Crippen LogP contribution in [0.15, 0.2) is 85.1 Å². The van der Waals surface area contributed by atoms with Gasteiger partial charge in [0.15, 0.2) is 6.10 Å². The maximum Gasteiger partial charge on any atom is 0.472 e. The highest BCUT2D eigenvalue weighted by molar-refractivity contribution is 7.47. The van der Waals surface area contributed by atoms with Gasteiger partial charge in [0.25, 0.3) is 0 Å². The van der Waals surface area contributed by atoms with Gasteiger partial charge in [0.1, 0.15) is 12.7 Å². The van der Waals surface area contributed by atoms with Crippen LogP contribution in [-0.4, -0.2) is 66.5 Å². The molecule has 0 saturated carbocycles. The van der Waals surface area contributed by atoms with E-state index in [-0.39, 0.29) is 25.9 Å². The number of unbranched alkanes of at least 4 members (excludes halogenated alkanes) is 21. The molecule has 2 N–H and O–H groups in total. The Morgan fingerprint density at radius 3 is 1.12 bits per heavy atom. The summed E-state index contributed by atoms with van der Waals surface area (Å²) in [5, 5.41) is 9.79. The summed E-state index contributed by atoms with van der Waals surface area (Å²) in [6, 6.07) is 0. The Bertz CT molecular complexity index is 1530. The van der Waals surface area contributed by atoms with Crippen LogP contribution in [0.1, 0.15) is 239 Å². The van der Waals surface area contributed by atoms with E-state index < -0.39 is 57.8 Å². The van der Waals surface area contributed by atoms with Crippen LogP contribution in [0, 0.1) is 0 Å². The van der Waals surface area contributed by atoms with Crippen molar-refractivity contribution in [2.45, 2.75) is 251 Å². The SMILES string of the molecule is CC/C=C\C/C=C\C/C=C\CCCCCCCCCC(=O)OCC(COP(=O)(O)OCC(CO)OC(=O)CCCCCCC/C=C\CCCC)OC(=O)CCCCCCCCC/C=C\C/C=C\C/C=C\CC. The molecule has 0 fully saturated rings. The van der Waals surface area contributed by atoms with Gasteiger partial charge in [-0.2, -0.15) is 0 Å². The van der Waals surface area contributed by atoms with E-state index in [9.17, 15) is 28.9 Å². The van der Waals surface area contributed by atoms with Gasteiger partial charge in [0, 0.05) is 19.3 Å². The average Bonchev–Trinajstić information content (AvgIpc) is 3.37. The molecule has 0 spiro atoms. The van der Waals surface area contributed by atoms with Gasteiger partial charge >= 0.3 is 25.7 Å². The molecule has 11 nitrogen and oxygen atoms in total. The van der Waals surface area contributed by atoms with Crippen LogP contribution in [0.5, 0.6) is 0 Å².